The van der Waals surface area contributed by atoms with Crippen molar-refractivity contribution < 1.29 is 9.90 Å². The van der Waals surface area contributed by atoms with Gasteiger partial charge in [-0.25, -0.2) is 0 Å². The van der Waals surface area contributed by atoms with Crippen molar-refractivity contribution in [1.29, 1.82) is 0 Å². The van der Waals surface area contributed by atoms with Crippen molar-refractivity contribution in [2.75, 3.05) is 6.54 Å². The van der Waals surface area contributed by atoms with Gasteiger partial charge < -0.3 is 16.2 Å². The van der Waals surface area contributed by atoms with Crippen molar-refractivity contribution in [2.45, 2.75) is 38.8 Å². The Hall–Kier alpha value is -0.610. The Morgan fingerprint density at radius 2 is 2.17 bits per heavy atom. The minimum absolute atomic E-state index is 0.138. The first-order valence-electron chi connectivity index (χ1n) is 4.25. The van der Waals surface area contributed by atoms with Gasteiger partial charge >= 0.3 is 0 Å². The number of aliphatic hydroxyl groups excluding tert-OH is 1. The summed E-state index contributed by atoms with van der Waals surface area (Å²) in [5, 5.41) is 11.6. The Kier molecular flexibility index (Phi) is 5.66. The smallest absolute Gasteiger partial charge is 0.236 e. The van der Waals surface area contributed by atoms with Gasteiger partial charge in [-0.15, -0.1) is 0 Å². The molecule has 0 aromatic rings. The molecule has 0 radical (unpaired) electrons. The highest BCUT2D eigenvalue weighted by molar-refractivity contribution is 5.80. The molecule has 1 amide bonds. The number of carbonyl (C=O) groups is 1. The molecule has 0 saturated heterocycles. The number of aliphatic hydroxyl groups is 1. The van der Waals surface area contributed by atoms with Gasteiger partial charge in [0.25, 0.3) is 0 Å². The van der Waals surface area contributed by atoms with Crippen molar-refractivity contribution in [3.05, 3.63) is 0 Å². The molecule has 0 aromatic carbocycles. The van der Waals surface area contributed by atoms with Gasteiger partial charge in [0.15, 0.2) is 0 Å². The lowest BCUT2D eigenvalue weighted by Crippen LogP contribution is -2.38. The predicted molar refractivity (Wildman–Crippen MR) is 47.6 cm³/mol. The van der Waals surface area contributed by atoms with E-state index in [1.807, 2.05) is 0 Å². The van der Waals surface area contributed by atoms with E-state index >= 15 is 0 Å². The number of hydrogen-bond acceptors (Lipinski definition) is 3. The molecular weight excluding hydrogens is 156 g/mol. The van der Waals surface area contributed by atoms with E-state index in [-0.39, 0.29) is 12.0 Å². The van der Waals surface area contributed by atoms with Crippen LogP contribution in [0.5, 0.6) is 0 Å². The van der Waals surface area contributed by atoms with Crippen LogP contribution in [0, 0.1) is 0 Å². The Morgan fingerprint density at radius 3 is 2.58 bits per heavy atom. The number of carbonyl (C=O) groups excluding carboxylic acids is 1. The Balaban J connectivity index is 3.26. The molecule has 72 valence electrons. The van der Waals surface area contributed by atoms with Gasteiger partial charge in [-0.3, -0.25) is 4.79 Å². The summed E-state index contributed by atoms with van der Waals surface area (Å²) in [4.78, 5) is 10.9. The second kappa shape index (κ2) is 5.97. The van der Waals surface area contributed by atoms with E-state index in [9.17, 15) is 4.79 Å². The fourth-order valence-electron chi connectivity index (χ4n) is 0.770. The Labute approximate surface area is 73.1 Å². The molecule has 0 aliphatic heterocycles. The van der Waals surface area contributed by atoms with Crippen LogP contribution in [-0.4, -0.2) is 29.7 Å². The summed E-state index contributed by atoms with van der Waals surface area (Å²) in [6.07, 6.45) is 1.20. The minimum Gasteiger partial charge on any atom is -0.393 e. The lowest BCUT2D eigenvalue weighted by Gasteiger charge is -2.07. The molecule has 0 fully saturated rings. The number of hydrogen-bond donors (Lipinski definition) is 3. The highest BCUT2D eigenvalue weighted by Crippen LogP contribution is 1.93. The van der Waals surface area contributed by atoms with E-state index < -0.39 is 6.04 Å². The van der Waals surface area contributed by atoms with E-state index in [0.717, 1.165) is 6.42 Å². The summed E-state index contributed by atoms with van der Waals surface area (Å²) < 4.78 is 0. The maximum absolute atomic E-state index is 10.9. The Bertz CT molecular complexity index is 135. The molecule has 0 bridgehead atoms. The number of amides is 1. The number of nitrogens with two attached hydrogens (primary N) is 1. The molecule has 0 aromatic heterocycles. The molecule has 0 heterocycles. The first kappa shape index (κ1) is 11.4. The van der Waals surface area contributed by atoms with Crippen LogP contribution in [0.3, 0.4) is 0 Å². The summed E-state index contributed by atoms with van der Waals surface area (Å²) in [5.41, 5.74) is 5.32. The van der Waals surface area contributed by atoms with Crippen molar-refractivity contribution in [1.82, 2.24) is 5.32 Å². The first-order chi connectivity index (χ1) is 5.54. The van der Waals surface area contributed by atoms with Crippen LogP contribution in [0.15, 0.2) is 0 Å². The monoisotopic (exact) mass is 174 g/mol. The van der Waals surface area contributed by atoms with Gasteiger partial charge in [0.1, 0.15) is 0 Å². The highest BCUT2D eigenvalue weighted by atomic mass is 16.3. The van der Waals surface area contributed by atoms with E-state index in [4.69, 9.17) is 10.8 Å². The van der Waals surface area contributed by atoms with E-state index in [2.05, 4.69) is 5.32 Å². The molecule has 0 aliphatic carbocycles. The van der Waals surface area contributed by atoms with Crippen molar-refractivity contribution in [3.8, 4) is 0 Å². The van der Waals surface area contributed by atoms with Crippen LogP contribution in [-0.2, 0) is 4.79 Å². The average Bonchev–Trinajstić information content (AvgIpc) is 1.97. The van der Waals surface area contributed by atoms with Crippen LogP contribution >= 0.6 is 0 Å². The van der Waals surface area contributed by atoms with Crippen LogP contribution in [0.25, 0.3) is 0 Å². The summed E-state index contributed by atoms with van der Waals surface area (Å²) in [6.45, 7) is 3.96. The van der Waals surface area contributed by atoms with Crippen LogP contribution < -0.4 is 11.1 Å². The summed E-state index contributed by atoms with van der Waals surface area (Å²) in [6, 6.07) is -0.448. The molecule has 0 saturated carbocycles. The number of nitrogens with one attached hydrogen (secondary N) is 1. The van der Waals surface area contributed by atoms with Gasteiger partial charge in [0.2, 0.25) is 5.91 Å². The second-order valence-electron chi connectivity index (χ2n) is 3.07. The maximum atomic E-state index is 10.9. The first-order valence-corrected chi connectivity index (χ1v) is 4.25. The lowest BCUT2D eigenvalue weighted by atomic mass is 10.2. The second-order valence-corrected chi connectivity index (χ2v) is 3.07. The van der Waals surface area contributed by atoms with Crippen molar-refractivity contribution >= 4 is 5.91 Å². The normalized spacial score (nSPS) is 15.3. The molecule has 4 N–H and O–H groups in total. The van der Waals surface area contributed by atoms with Gasteiger partial charge in [-0.2, -0.15) is 0 Å². The third kappa shape index (κ3) is 6.12. The highest BCUT2D eigenvalue weighted by Gasteiger charge is 2.05. The van der Waals surface area contributed by atoms with Crippen molar-refractivity contribution in [3.63, 3.8) is 0 Å². The fourth-order valence-corrected chi connectivity index (χ4v) is 0.770. The van der Waals surface area contributed by atoms with Crippen LogP contribution in [0.1, 0.15) is 26.7 Å². The topological polar surface area (TPSA) is 75.3 Å². The zero-order valence-corrected chi connectivity index (χ0v) is 7.71. The summed E-state index contributed by atoms with van der Waals surface area (Å²) in [7, 11) is 0. The molecule has 2 unspecified atom stereocenters. The summed E-state index contributed by atoms with van der Waals surface area (Å²) >= 11 is 0. The van der Waals surface area contributed by atoms with E-state index in [0.29, 0.717) is 13.0 Å². The zero-order valence-electron chi connectivity index (χ0n) is 7.71. The van der Waals surface area contributed by atoms with Gasteiger partial charge in [0, 0.05) is 6.54 Å². The molecule has 4 heteroatoms. The maximum Gasteiger partial charge on any atom is 0.236 e. The molecule has 0 spiro atoms. The third-order valence-electron chi connectivity index (χ3n) is 1.51. The molecule has 12 heavy (non-hydrogen) atoms. The van der Waals surface area contributed by atoms with E-state index in [1.54, 1.807) is 13.8 Å². The average molecular weight is 174 g/mol. The standard InChI is InChI=1S/C8H18N2O2/c1-6(11)4-3-5-10-8(12)7(2)9/h6-7,11H,3-5,9H2,1-2H3,(H,10,12). The van der Waals surface area contributed by atoms with Gasteiger partial charge in [-0.05, 0) is 26.7 Å². The predicted octanol–water partition coefficient (Wildman–Crippen LogP) is -0.389. The molecule has 0 rings (SSSR count). The molecule has 2 atom stereocenters. The van der Waals surface area contributed by atoms with Gasteiger partial charge in [0.05, 0.1) is 12.1 Å². The SMILES string of the molecule is CC(O)CCCNC(=O)C(C)N. The largest absolute Gasteiger partial charge is 0.393 e. The minimum atomic E-state index is -0.448. The van der Waals surface area contributed by atoms with Crippen LogP contribution in [0.4, 0.5) is 0 Å². The lowest BCUT2D eigenvalue weighted by molar-refractivity contribution is -0.122. The molecular formula is C8H18N2O2. The molecule has 0 aliphatic rings. The zero-order chi connectivity index (χ0) is 9.56. The number of rotatable bonds is 5. The quantitative estimate of drug-likeness (QED) is 0.497. The summed E-state index contributed by atoms with van der Waals surface area (Å²) in [5.74, 6) is -0.138. The van der Waals surface area contributed by atoms with Crippen molar-refractivity contribution in [2.24, 2.45) is 5.73 Å². The Morgan fingerprint density at radius 1 is 1.58 bits per heavy atom. The molecule has 4 nitrogen and oxygen atoms in total. The fraction of sp³-hybridized carbons (Fsp3) is 0.875. The third-order valence-corrected chi connectivity index (χ3v) is 1.51. The van der Waals surface area contributed by atoms with Gasteiger partial charge in [-0.1, -0.05) is 0 Å². The van der Waals surface area contributed by atoms with E-state index in [1.165, 1.54) is 0 Å². The van der Waals surface area contributed by atoms with Crippen LogP contribution in [0.2, 0.25) is 0 Å².